The monoisotopic (exact) mass is 438 g/mol. The summed E-state index contributed by atoms with van der Waals surface area (Å²) in [6, 6.07) is 7.77. The van der Waals surface area contributed by atoms with E-state index >= 15 is 0 Å². The molecule has 1 heterocycles. The van der Waals surface area contributed by atoms with E-state index in [1.54, 1.807) is 29.2 Å². The van der Waals surface area contributed by atoms with Gasteiger partial charge in [-0.25, -0.2) is 18.5 Å². The van der Waals surface area contributed by atoms with Crippen molar-refractivity contribution in [2.24, 2.45) is 4.36 Å². The Labute approximate surface area is 180 Å². The summed E-state index contributed by atoms with van der Waals surface area (Å²) in [7, 11) is -3.22. The zero-order valence-electron chi connectivity index (χ0n) is 18.9. The van der Waals surface area contributed by atoms with E-state index in [0.717, 1.165) is 0 Å². The number of nitrogens with zero attached hydrogens (tertiary/aromatic N) is 3. The number of nitrogens with one attached hydrogen (secondary N) is 1. The number of urea groups is 1. The Kier molecular flexibility index (Phi) is 7.52. The maximum absolute atomic E-state index is 13.8. The SMILES string of the molecule is CC(C)N(C(=O)N=S(=O)(NC1CN(C(=O)OC(C)(C)C)C1)c1ccccc1)C(C)C. The van der Waals surface area contributed by atoms with Gasteiger partial charge in [-0.15, -0.1) is 4.36 Å². The van der Waals surface area contributed by atoms with E-state index in [1.165, 1.54) is 4.90 Å². The van der Waals surface area contributed by atoms with Crippen LogP contribution in [0, 0.1) is 0 Å². The van der Waals surface area contributed by atoms with Gasteiger partial charge in [-0.05, 0) is 60.6 Å². The van der Waals surface area contributed by atoms with Gasteiger partial charge in [-0.1, -0.05) is 18.2 Å². The highest BCUT2D eigenvalue weighted by Gasteiger charge is 2.36. The summed E-state index contributed by atoms with van der Waals surface area (Å²) >= 11 is 0. The molecule has 1 unspecified atom stereocenters. The lowest BCUT2D eigenvalue weighted by atomic mass is 10.1. The molecule has 0 saturated carbocycles. The predicted molar refractivity (Wildman–Crippen MR) is 118 cm³/mol. The Morgan fingerprint density at radius 1 is 1.13 bits per heavy atom. The Morgan fingerprint density at radius 2 is 1.67 bits per heavy atom. The molecule has 1 saturated heterocycles. The number of ether oxygens (including phenoxy) is 1. The summed E-state index contributed by atoms with van der Waals surface area (Å²) < 4.78 is 26.3. The molecule has 3 amide bonds. The number of hydrogen-bond acceptors (Lipinski definition) is 4. The molecule has 0 aliphatic carbocycles. The fraction of sp³-hybridized carbons (Fsp3) is 0.619. The zero-order chi connectivity index (χ0) is 22.7. The number of rotatable bonds is 5. The van der Waals surface area contributed by atoms with Crippen molar-refractivity contribution in [1.82, 2.24) is 14.5 Å². The lowest BCUT2D eigenvalue weighted by Crippen LogP contribution is -2.61. The molecule has 1 N–H and O–H groups in total. The smallest absolute Gasteiger partial charge is 0.410 e. The highest BCUT2D eigenvalue weighted by atomic mass is 32.2. The van der Waals surface area contributed by atoms with Crippen LogP contribution in [0.5, 0.6) is 0 Å². The topological polar surface area (TPSA) is 91.3 Å². The molecule has 1 atom stereocenters. The number of likely N-dealkylation sites (tertiary alicyclic amines) is 1. The fourth-order valence-corrected chi connectivity index (χ4v) is 4.94. The predicted octanol–water partition coefficient (Wildman–Crippen LogP) is 3.88. The van der Waals surface area contributed by atoms with Crippen molar-refractivity contribution in [2.75, 3.05) is 13.1 Å². The molecule has 0 radical (unpaired) electrons. The van der Waals surface area contributed by atoms with Crippen molar-refractivity contribution >= 4 is 22.0 Å². The number of carbonyl (C=O) groups excluding carboxylic acids is 2. The molecule has 9 heteroatoms. The Hall–Kier alpha value is -2.13. The third-order valence-electron chi connectivity index (χ3n) is 4.46. The third kappa shape index (κ3) is 6.18. The van der Waals surface area contributed by atoms with E-state index in [1.807, 2.05) is 54.5 Å². The number of hydrogen-bond donors (Lipinski definition) is 1. The maximum Gasteiger partial charge on any atom is 0.410 e. The highest BCUT2D eigenvalue weighted by molar-refractivity contribution is 7.92. The number of benzene rings is 1. The summed E-state index contributed by atoms with van der Waals surface area (Å²) in [5.74, 6) is 0. The van der Waals surface area contributed by atoms with Crippen molar-refractivity contribution < 1.29 is 18.5 Å². The van der Waals surface area contributed by atoms with Gasteiger partial charge >= 0.3 is 12.1 Å². The lowest BCUT2D eigenvalue weighted by Gasteiger charge is -2.40. The number of amides is 3. The standard InChI is InChI=1S/C21H34N4O4S/c1-15(2)25(16(3)4)19(26)23-30(28,18-11-9-8-10-12-18)22-17-13-24(14-17)20(27)29-21(5,6)7/h8-12,15-17H,13-14H2,1-7H3,(H,22,23,26,28). The molecule has 2 rings (SSSR count). The zero-order valence-corrected chi connectivity index (χ0v) is 19.7. The minimum absolute atomic E-state index is 0.0768. The molecule has 0 bridgehead atoms. The molecule has 1 aliphatic heterocycles. The van der Waals surface area contributed by atoms with Gasteiger partial charge in [0.1, 0.15) is 15.5 Å². The normalized spacial score (nSPS) is 16.8. The molecule has 168 valence electrons. The van der Waals surface area contributed by atoms with Gasteiger partial charge in [-0.2, -0.15) is 0 Å². The second-order valence-corrected chi connectivity index (χ2v) is 10.9. The van der Waals surface area contributed by atoms with E-state index in [4.69, 9.17) is 4.74 Å². The molecule has 1 fully saturated rings. The van der Waals surface area contributed by atoms with Crippen LogP contribution < -0.4 is 4.72 Å². The fourth-order valence-electron chi connectivity index (χ4n) is 3.20. The minimum atomic E-state index is -3.22. The van der Waals surface area contributed by atoms with Crippen LogP contribution in [0.2, 0.25) is 0 Å². The Bertz CT molecular complexity index is 857. The second-order valence-electron chi connectivity index (χ2n) is 9.01. The third-order valence-corrected chi connectivity index (χ3v) is 6.44. The van der Waals surface area contributed by atoms with Crippen LogP contribution in [0.1, 0.15) is 48.5 Å². The van der Waals surface area contributed by atoms with E-state index in [9.17, 15) is 13.8 Å². The quantitative estimate of drug-likeness (QED) is 0.755. The molecule has 1 aliphatic rings. The summed E-state index contributed by atoms with van der Waals surface area (Å²) in [6.07, 6.45) is -0.412. The first kappa shape index (κ1) is 24.1. The summed E-state index contributed by atoms with van der Waals surface area (Å²) in [5.41, 5.74) is -0.577. The maximum atomic E-state index is 13.8. The molecule has 1 aromatic carbocycles. The lowest BCUT2D eigenvalue weighted by molar-refractivity contribution is 0.00745. The minimum Gasteiger partial charge on any atom is -0.444 e. The second kappa shape index (κ2) is 9.34. The Balaban J connectivity index is 2.23. The largest absolute Gasteiger partial charge is 0.444 e. The molecule has 1 aromatic rings. The van der Waals surface area contributed by atoms with Crippen LogP contribution in [0.3, 0.4) is 0 Å². The van der Waals surface area contributed by atoms with E-state index in [2.05, 4.69) is 9.08 Å². The molecule has 0 spiro atoms. The molecule has 0 aromatic heterocycles. The van der Waals surface area contributed by atoms with Crippen molar-refractivity contribution in [3.63, 3.8) is 0 Å². The van der Waals surface area contributed by atoms with Crippen LogP contribution in [0.4, 0.5) is 9.59 Å². The average Bonchev–Trinajstić information content (AvgIpc) is 2.56. The van der Waals surface area contributed by atoms with Crippen molar-refractivity contribution in [2.45, 2.75) is 77.1 Å². The van der Waals surface area contributed by atoms with Crippen molar-refractivity contribution in [3.05, 3.63) is 30.3 Å². The van der Waals surface area contributed by atoms with Gasteiger partial charge in [0, 0.05) is 25.2 Å². The van der Waals surface area contributed by atoms with Crippen molar-refractivity contribution in [1.29, 1.82) is 0 Å². The van der Waals surface area contributed by atoms with Gasteiger partial charge in [0.25, 0.3) is 0 Å². The van der Waals surface area contributed by atoms with Crippen LogP contribution >= 0.6 is 0 Å². The van der Waals surface area contributed by atoms with Crippen molar-refractivity contribution in [3.8, 4) is 0 Å². The molecule has 8 nitrogen and oxygen atoms in total. The average molecular weight is 439 g/mol. The van der Waals surface area contributed by atoms with Gasteiger partial charge in [0.15, 0.2) is 0 Å². The van der Waals surface area contributed by atoms with Gasteiger partial charge in [-0.3, -0.25) is 0 Å². The molecular weight excluding hydrogens is 404 g/mol. The van der Waals surface area contributed by atoms with Crippen LogP contribution in [0.25, 0.3) is 0 Å². The van der Waals surface area contributed by atoms with E-state index in [0.29, 0.717) is 18.0 Å². The summed E-state index contributed by atoms with van der Waals surface area (Å²) in [5, 5.41) is 0. The van der Waals surface area contributed by atoms with E-state index < -0.39 is 27.6 Å². The number of carbonyl (C=O) groups is 2. The van der Waals surface area contributed by atoms with Crippen LogP contribution in [-0.2, 0) is 14.7 Å². The first-order chi connectivity index (χ1) is 13.8. The Morgan fingerprint density at radius 3 is 2.13 bits per heavy atom. The van der Waals surface area contributed by atoms with Gasteiger partial charge in [0.2, 0.25) is 0 Å². The summed E-state index contributed by atoms with van der Waals surface area (Å²) in [4.78, 5) is 28.6. The van der Waals surface area contributed by atoms with E-state index in [-0.39, 0.29) is 18.1 Å². The van der Waals surface area contributed by atoms with Gasteiger partial charge < -0.3 is 14.5 Å². The first-order valence-electron chi connectivity index (χ1n) is 10.2. The van der Waals surface area contributed by atoms with Crippen LogP contribution in [0.15, 0.2) is 39.6 Å². The highest BCUT2D eigenvalue weighted by Crippen LogP contribution is 2.20. The molecule has 30 heavy (non-hydrogen) atoms. The van der Waals surface area contributed by atoms with Gasteiger partial charge in [0.05, 0.1) is 10.9 Å². The summed E-state index contributed by atoms with van der Waals surface area (Å²) in [6.45, 7) is 13.7. The first-order valence-corrected chi connectivity index (χ1v) is 11.7. The molecular formula is C21H34N4O4S. The van der Waals surface area contributed by atoms with Crippen LogP contribution in [-0.4, -0.2) is 62.9 Å².